The zero-order chi connectivity index (χ0) is 21.8. The van der Waals surface area contributed by atoms with Gasteiger partial charge in [-0.05, 0) is 45.6 Å². The fourth-order valence-electron chi connectivity index (χ4n) is 3.23. The van der Waals surface area contributed by atoms with Crippen LogP contribution in [0.1, 0.15) is 53.5 Å². The topological polar surface area (TPSA) is 99.9 Å². The normalized spacial score (nSPS) is 19.6. The number of amides is 2. The first-order chi connectivity index (χ1) is 13.4. The van der Waals surface area contributed by atoms with Crippen molar-refractivity contribution in [1.29, 1.82) is 0 Å². The Morgan fingerprint density at radius 2 is 1.66 bits per heavy atom. The molecular weight excluding hydrogens is 371 g/mol. The summed E-state index contributed by atoms with van der Waals surface area (Å²) in [5.74, 6) is -0.518. The molecule has 1 heterocycles. The van der Waals surface area contributed by atoms with Crippen LogP contribution < -0.4 is 11.1 Å². The minimum absolute atomic E-state index is 0.230. The fraction of sp³-hybridized carbons (Fsp3) is 0.619. The van der Waals surface area contributed by atoms with Crippen molar-refractivity contribution >= 4 is 19.1 Å². The lowest BCUT2D eigenvalue weighted by Gasteiger charge is -2.32. The van der Waals surface area contributed by atoms with Gasteiger partial charge < -0.3 is 25.1 Å². The van der Waals surface area contributed by atoms with Crippen LogP contribution in [0.5, 0.6) is 0 Å². The third-order valence-electron chi connectivity index (χ3n) is 5.47. The maximum absolute atomic E-state index is 13.0. The number of ether oxygens (including phenoxy) is 1. The van der Waals surface area contributed by atoms with Crippen LogP contribution in [0.4, 0.5) is 4.79 Å². The van der Waals surface area contributed by atoms with Gasteiger partial charge in [0.25, 0.3) is 5.91 Å². The molecule has 8 heteroatoms. The highest BCUT2D eigenvalue weighted by Gasteiger charge is 2.54. The zero-order valence-electron chi connectivity index (χ0n) is 18.2. The smallest absolute Gasteiger partial charge is 0.436 e. The number of rotatable bonds is 8. The number of nitrogens with one attached hydrogen (secondary N) is 1. The summed E-state index contributed by atoms with van der Waals surface area (Å²) in [6.07, 6.45) is -1.14. The van der Waals surface area contributed by atoms with Crippen molar-refractivity contribution in [3.63, 3.8) is 0 Å². The van der Waals surface area contributed by atoms with E-state index in [2.05, 4.69) is 19.2 Å². The van der Waals surface area contributed by atoms with Crippen LogP contribution in [0.25, 0.3) is 0 Å². The first-order valence-electron chi connectivity index (χ1n) is 10.1. The Hall–Kier alpha value is -2.06. The van der Waals surface area contributed by atoms with Gasteiger partial charge in [-0.1, -0.05) is 44.2 Å². The Labute approximate surface area is 173 Å². The number of hydrogen-bond acceptors (Lipinski definition) is 5. The van der Waals surface area contributed by atoms with E-state index in [-0.39, 0.29) is 6.42 Å². The Kier molecular flexibility index (Phi) is 7.35. The SMILES string of the molecule is CC(C)CC(NC(=O)C(Cc1ccccc1)OC(N)=O)B1OC(C)(C)C(C)(C)O1. The van der Waals surface area contributed by atoms with Crippen molar-refractivity contribution < 1.29 is 23.6 Å². The van der Waals surface area contributed by atoms with Crippen LogP contribution in [0.15, 0.2) is 30.3 Å². The molecule has 1 aromatic carbocycles. The van der Waals surface area contributed by atoms with Gasteiger partial charge in [0.1, 0.15) is 0 Å². The van der Waals surface area contributed by atoms with E-state index < -0.39 is 42.4 Å². The maximum Gasteiger partial charge on any atom is 0.481 e. The highest BCUT2D eigenvalue weighted by atomic mass is 16.7. The minimum atomic E-state index is -1.04. The molecule has 1 aromatic rings. The lowest BCUT2D eigenvalue weighted by molar-refractivity contribution is -0.129. The summed E-state index contributed by atoms with van der Waals surface area (Å²) in [6.45, 7) is 12.0. The van der Waals surface area contributed by atoms with Crippen molar-refractivity contribution in [1.82, 2.24) is 5.32 Å². The molecule has 29 heavy (non-hydrogen) atoms. The fourth-order valence-corrected chi connectivity index (χ4v) is 3.23. The predicted octanol–water partition coefficient (Wildman–Crippen LogP) is 2.86. The average molecular weight is 404 g/mol. The van der Waals surface area contributed by atoms with Gasteiger partial charge in [0.2, 0.25) is 0 Å². The molecule has 1 aliphatic rings. The zero-order valence-corrected chi connectivity index (χ0v) is 18.2. The lowest BCUT2D eigenvalue weighted by atomic mass is 9.74. The van der Waals surface area contributed by atoms with Crippen LogP contribution >= 0.6 is 0 Å². The second-order valence-corrected chi connectivity index (χ2v) is 8.98. The summed E-state index contributed by atoms with van der Waals surface area (Å²) in [6, 6.07) is 9.33. The van der Waals surface area contributed by atoms with E-state index in [9.17, 15) is 9.59 Å². The van der Waals surface area contributed by atoms with Gasteiger partial charge in [-0.15, -0.1) is 0 Å². The summed E-state index contributed by atoms with van der Waals surface area (Å²) < 4.78 is 17.4. The monoisotopic (exact) mass is 404 g/mol. The highest BCUT2D eigenvalue weighted by molar-refractivity contribution is 6.48. The number of benzene rings is 1. The van der Waals surface area contributed by atoms with Gasteiger partial charge in [-0.25, -0.2) is 4.79 Å². The second kappa shape index (κ2) is 9.18. The molecule has 0 bridgehead atoms. The molecule has 1 aliphatic heterocycles. The Bertz CT molecular complexity index is 692. The Balaban J connectivity index is 2.16. The molecule has 0 radical (unpaired) electrons. The van der Waals surface area contributed by atoms with Gasteiger partial charge >= 0.3 is 13.2 Å². The summed E-state index contributed by atoms with van der Waals surface area (Å²) in [4.78, 5) is 24.4. The molecule has 0 aromatic heterocycles. The average Bonchev–Trinajstić information content (AvgIpc) is 2.81. The van der Waals surface area contributed by atoms with E-state index in [1.807, 2.05) is 58.0 Å². The van der Waals surface area contributed by atoms with Crippen LogP contribution in [0, 0.1) is 5.92 Å². The van der Waals surface area contributed by atoms with Gasteiger partial charge in [0.05, 0.1) is 17.1 Å². The molecule has 2 unspecified atom stereocenters. The van der Waals surface area contributed by atoms with Gasteiger partial charge in [-0.3, -0.25) is 4.79 Å². The van der Waals surface area contributed by atoms with Crippen LogP contribution in [-0.2, 0) is 25.3 Å². The van der Waals surface area contributed by atoms with Crippen LogP contribution in [0.2, 0.25) is 0 Å². The van der Waals surface area contributed by atoms with Crippen molar-refractivity contribution in [2.75, 3.05) is 0 Å². The Morgan fingerprint density at radius 3 is 2.14 bits per heavy atom. The molecule has 0 saturated carbocycles. The molecule has 7 nitrogen and oxygen atoms in total. The van der Waals surface area contributed by atoms with Crippen molar-refractivity contribution in [2.45, 2.75) is 77.6 Å². The van der Waals surface area contributed by atoms with Crippen molar-refractivity contribution in [3.8, 4) is 0 Å². The molecule has 2 atom stereocenters. The van der Waals surface area contributed by atoms with E-state index in [1.54, 1.807) is 0 Å². The molecular formula is C21H33BN2O5. The molecule has 3 N–H and O–H groups in total. The standard InChI is InChI=1S/C21H33BN2O5/c1-14(2)12-17(22-28-20(3,4)21(5,6)29-22)24-18(25)16(27-19(23)26)13-15-10-8-7-9-11-15/h7-11,14,16-17H,12-13H2,1-6H3,(H2,23,26)(H,24,25). The summed E-state index contributed by atoms with van der Waals surface area (Å²) in [7, 11) is -0.600. The van der Waals surface area contributed by atoms with E-state index in [4.69, 9.17) is 19.8 Å². The predicted molar refractivity (Wildman–Crippen MR) is 112 cm³/mol. The summed E-state index contributed by atoms with van der Waals surface area (Å²) in [5.41, 5.74) is 5.05. The van der Waals surface area contributed by atoms with Crippen molar-refractivity contribution in [3.05, 3.63) is 35.9 Å². The second-order valence-electron chi connectivity index (χ2n) is 8.98. The highest BCUT2D eigenvalue weighted by Crippen LogP contribution is 2.38. The minimum Gasteiger partial charge on any atom is -0.436 e. The molecule has 160 valence electrons. The third-order valence-corrected chi connectivity index (χ3v) is 5.47. The van der Waals surface area contributed by atoms with Crippen LogP contribution in [0.3, 0.4) is 0 Å². The summed E-state index contributed by atoms with van der Waals surface area (Å²) in [5, 5.41) is 2.97. The largest absolute Gasteiger partial charge is 0.481 e. The third kappa shape index (κ3) is 6.21. The Morgan fingerprint density at radius 1 is 1.10 bits per heavy atom. The number of carbonyl (C=O) groups excluding carboxylic acids is 2. The number of nitrogens with two attached hydrogens (primary N) is 1. The molecule has 1 saturated heterocycles. The first-order valence-corrected chi connectivity index (χ1v) is 10.1. The van der Waals surface area contributed by atoms with Gasteiger partial charge in [-0.2, -0.15) is 0 Å². The van der Waals surface area contributed by atoms with Crippen LogP contribution in [-0.4, -0.2) is 42.4 Å². The van der Waals surface area contributed by atoms with E-state index in [0.717, 1.165) is 5.56 Å². The van der Waals surface area contributed by atoms with Crippen molar-refractivity contribution in [2.24, 2.45) is 11.7 Å². The number of primary amides is 1. The van der Waals surface area contributed by atoms with Gasteiger partial charge in [0.15, 0.2) is 6.10 Å². The molecule has 1 fully saturated rings. The lowest BCUT2D eigenvalue weighted by Crippen LogP contribution is -2.52. The van der Waals surface area contributed by atoms with E-state index in [0.29, 0.717) is 12.3 Å². The number of hydrogen-bond donors (Lipinski definition) is 2. The number of carbonyl (C=O) groups is 2. The molecule has 2 rings (SSSR count). The van der Waals surface area contributed by atoms with E-state index >= 15 is 0 Å². The van der Waals surface area contributed by atoms with Gasteiger partial charge in [0, 0.05) is 6.42 Å². The molecule has 0 aliphatic carbocycles. The van der Waals surface area contributed by atoms with E-state index in [1.165, 1.54) is 0 Å². The first kappa shape index (κ1) is 23.2. The quantitative estimate of drug-likeness (QED) is 0.649. The summed E-state index contributed by atoms with van der Waals surface area (Å²) >= 11 is 0. The molecule has 0 spiro atoms. The maximum atomic E-state index is 13.0. The molecule has 2 amide bonds.